The molecule has 2 aromatic rings. The highest BCUT2D eigenvalue weighted by Crippen LogP contribution is 2.32. The van der Waals surface area contributed by atoms with E-state index in [1.807, 2.05) is 40.0 Å². The molecular weight excluding hydrogens is 328 g/mol. The molecular formula is C17H23ClN4O2. The minimum Gasteiger partial charge on any atom is -0.444 e. The van der Waals surface area contributed by atoms with Crippen molar-refractivity contribution in [1.29, 1.82) is 0 Å². The molecule has 0 spiro atoms. The highest BCUT2D eigenvalue weighted by molar-refractivity contribution is 6.30. The van der Waals surface area contributed by atoms with Crippen molar-refractivity contribution in [2.24, 2.45) is 0 Å². The number of hydrogen-bond donors (Lipinski definition) is 0. The van der Waals surface area contributed by atoms with Gasteiger partial charge in [-0.3, -0.25) is 4.90 Å². The summed E-state index contributed by atoms with van der Waals surface area (Å²) >= 11 is 6.09. The predicted molar refractivity (Wildman–Crippen MR) is 92.3 cm³/mol. The summed E-state index contributed by atoms with van der Waals surface area (Å²) in [5.41, 5.74) is 1.94. The molecule has 6 nitrogen and oxygen atoms in total. The van der Waals surface area contributed by atoms with Crippen molar-refractivity contribution in [2.75, 3.05) is 6.54 Å². The molecule has 1 fully saturated rings. The second kappa shape index (κ2) is 6.24. The fourth-order valence-electron chi connectivity index (χ4n) is 2.95. The lowest BCUT2D eigenvalue weighted by Gasteiger charge is -2.35. The van der Waals surface area contributed by atoms with E-state index in [2.05, 4.69) is 10.1 Å². The molecule has 1 atom stereocenters. The number of piperidine rings is 1. The molecule has 1 saturated heterocycles. The maximum absolute atomic E-state index is 12.6. The summed E-state index contributed by atoms with van der Waals surface area (Å²) in [6.45, 7) is 8.22. The predicted octanol–water partition coefficient (Wildman–Crippen LogP) is 4.15. The van der Waals surface area contributed by atoms with Crippen LogP contribution >= 0.6 is 11.6 Å². The van der Waals surface area contributed by atoms with Gasteiger partial charge in [0.2, 0.25) is 0 Å². The molecule has 0 N–H and O–H groups in total. The summed E-state index contributed by atoms with van der Waals surface area (Å²) in [7, 11) is 0. The number of nitrogens with zero attached hydrogens (tertiary/aromatic N) is 4. The van der Waals surface area contributed by atoms with Crippen LogP contribution in [0.25, 0.3) is 5.65 Å². The van der Waals surface area contributed by atoms with E-state index >= 15 is 0 Å². The minimum absolute atomic E-state index is 0.0885. The van der Waals surface area contributed by atoms with Gasteiger partial charge >= 0.3 is 6.09 Å². The number of carbonyl (C=O) groups is 1. The fourth-order valence-corrected chi connectivity index (χ4v) is 3.08. The Morgan fingerprint density at radius 3 is 2.83 bits per heavy atom. The number of halogens is 1. The molecule has 130 valence electrons. The standard InChI is InChI=1S/C17H23ClN4O2/c1-11-9-14-19-12(10-22(14)20-15(11)18)13-7-5-6-8-21(13)16(23)24-17(2,3)4/h9-10,13H,5-8H2,1-4H3/t13-/m0/s1. The van der Waals surface area contributed by atoms with Crippen molar-refractivity contribution < 1.29 is 9.53 Å². The average molecular weight is 351 g/mol. The van der Waals surface area contributed by atoms with Gasteiger partial charge in [0, 0.05) is 6.54 Å². The van der Waals surface area contributed by atoms with Crippen LogP contribution in [-0.2, 0) is 4.74 Å². The number of rotatable bonds is 1. The lowest BCUT2D eigenvalue weighted by Crippen LogP contribution is -2.42. The summed E-state index contributed by atoms with van der Waals surface area (Å²) in [5.74, 6) is 0. The van der Waals surface area contributed by atoms with Gasteiger partial charge in [-0.2, -0.15) is 5.10 Å². The summed E-state index contributed by atoms with van der Waals surface area (Å²) in [4.78, 5) is 19.0. The quantitative estimate of drug-likeness (QED) is 0.775. The highest BCUT2D eigenvalue weighted by atomic mass is 35.5. The van der Waals surface area contributed by atoms with E-state index in [-0.39, 0.29) is 12.1 Å². The molecule has 7 heteroatoms. The molecule has 1 amide bonds. The lowest BCUT2D eigenvalue weighted by molar-refractivity contribution is 0.00906. The maximum Gasteiger partial charge on any atom is 0.410 e. The van der Waals surface area contributed by atoms with Crippen LogP contribution in [0, 0.1) is 6.92 Å². The van der Waals surface area contributed by atoms with Crippen LogP contribution in [0.2, 0.25) is 5.15 Å². The Morgan fingerprint density at radius 1 is 1.38 bits per heavy atom. The lowest BCUT2D eigenvalue weighted by atomic mass is 10.0. The number of carbonyl (C=O) groups excluding carboxylic acids is 1. The molecule has 0 unspecified atom stereocenters. The van der Waals surface area contributed by atoms with Crippen molar-refractivity contribution >= 4 is 23.3 Å². The van der Waals surface area contributed by atoms with E-state index in [1.54, 1.807) is 9.42 Å². The summed E-state index contributed by atoms with van der Waals surface area (Å²) in [6.07, 6.45) is 4.48. The van der Waals surface area contributed by atoms with Crippen LogP contribution < -0.4 is 0 Å². The van der Waals surface area contributed by atoms with Crippen molar-refractivity contribution in [3.8, 4) is 0 Å². The zero-order valence-corrected chi connectivity index (χ0v) is 15.3. The third kappa shape index (κ3) is 3.48. The Hall–Kier alpha value is -1.82. The van der Waals surface area contributed by atoms with Gasteiger partial charge in [-0.1, -0.05) is 11.6 Å². The van der Waals surface area contributed by atoms with E-state index in [1.165, 1.54) is 0 Å². The topological polar surface area (TPSA) is 59.7 Å². The summed E-state index contributed by atoms with van der Waals surface area (Å²) < 4.78 is 7.23. The maximum atomic E-state index is 12.6. The van der Waals surface area contributed by atoms with Gasteiger partial charge in [-0.05, 0) is 58.6 Å². The first-order chi connectivity index (χ1) is 11.2. The second-order valence-electron chi connectivity index (χ2n) is 7.27. The second-order valence-corrected chi connectivity index (χ2v) is 7.63. The summed E-state index contributed by atoms with van der Waals surface area (Å²) in [6, 6.07) is 1.81. The molecule has 3 heterocycles. The third-order valence-electron chi connectivity index (χ3n) is 4.07. The van der Waals surface area contributed by atoms with E-state index in [0.717, 1.165) is 36.2 Å². The number of imidazole rings is 1. The van der Waals surface area contributed by atoms with Gasteiger partial charge in [0.1, 0.15) is 5.60 Å². The van der Waals surface area contributed by atoms with Crippen molar-refractivity contribution in [3.63, 3.8) is 0 Å². The molecule has 0 bridgehead atoms. The number of aromatic nitrogens is 3. The number of ether oxygens (including phenoxy) is 1. The van der Waals surface area contributed by atoms with Crippen molar-refractivity contribution in [2.45, 2.75) is 58.6 Å². The van der Waals surface area contributed by atoms with Crippen molar-refractivity contribution in [3.05, 3.63) is 28.7 Å². The molecule has 1 aliphatic heterocycles. The van der Waals surface area contributed by atoms with E-state index in [0.29, 0.717) is 11.7 Å². The number of aryl methyl sites for hydroxylation is 1. The first-order valence-corrected chi connectivity index (χ1v) is 8.64. The zero-order chi connectivity index (χ0) is 17.5. The number of likely N-dealkylation sites (tertiary alicyclic amines) is 1. The largest absolute Gasteiger partial charge is 0.444 e. The van der Waals surface area contributed by atoms with Gasteiger partial charge in [-0.15, -0.1) is 0 Å². The molecule has 0 aliphatic carbocycles. The van der Waals surface area contributed by atoms with Gasteiger partial charge in [0.15, 0.2) is 10.8 Å². The molecule has 2 aromatic heterocycles. The number of hydrogen-bond acceptors (Lipinski definition) is 4. The molecule has 0 aromatic carbocycles. The van der Waals surface area contributed by atoms with E-state index in [9.17, 15) is 4.79 Å². The van der Waals surface area contributed by atoms with Gasteiger partial charge < -0.3 is 4.74 Å². The molecule has 0 saturated carbocycles. The Labute approximate surface area is 146 Å². The minimum atomic E-state index is -0.510. The Morgan fingerprint density at radius 2 is 2.12 bits per heavy atom. The molecule has 0 radical (unpaired) electrons. The smallest absolute Gasteiger partial charge is 0.410 e. The van der Waals surface area contributed by atoms with Crippen LogP contribution in [0.1, 0.15) is 57.3 Å². The van der Waals surface area contributed by atoms with Crippen LogP contribution in [0.4, 0.5) is 4.79 Å². The van der Waals surface area contributed by atoms with Crippen LogP contribution in [0.5, 0.6) is 0 Å². The number of amides is 1. The third-order valence-corrected chi connectivity index (χ3v) is 4.45. The summed E-state index contributed by atoms with van der Waals surface area (Å²) in [5, 5.41) is 4.76. The SMILES string of the molecule is Cc1cc2nc([C@@H]3CCCCN3C(=O)OC(C)(C)C)cn2nc1Cl. The average Bonchev–Trinajstić information content (AvgIpc) is 2.88. The fraction of sp³-hybridized carbons (Fsp3) is 0.588. The first kappa shape index (κ1) is 17.0. The Kier molecular flexibility index (Phi) is 4.42. The monoisotopic (exact) mass is 350 g/mol. The number of fused-ring (bicyclic) bond motifs is 1. The van der Waals surface area contributed by atoms with E-state index in [4.69, 9.17) is 16.3 Å². The van der Waals surface area contributed by atoms with Crippen LogP contribution in [0.15, 0.2) is 12.3 Å². The van der Waals surface area contributed by atoms with Crippen LogP contribution in [0.3, 0.4) is 0 Å². The zero-order valence-electron chi connectivity index (χ0n) is 14.5. The van der Waals surface area contributed by atoms with Gasteiger partial charge in [0.05, 0.1) is 17.9 Å². The molecule has 24 heavy (non-hydrogen) atoms. The first-order valence-electron chi connectivity index (χ1n) is 8.26. The van der Waals surface area contributed by atoms with E-state index < -0.39 is 5.60 Å². The molecule has 3 rings (SSSR count). The highest BCUT2D eigenvalue weighted by Gasteiger charge is 2.33. The molecule has 1 aliphatic rings. The Bertz CT molecular complexity index is 727. The van der Waals surface area contributed by atoms with Crippen LogP contribution in [-0.4, -0.2) is 37.7 Å². The van der Waals surface area contributed by atoms with Gasteiger partial charge in [0.25, 0.3) is 0 Å². The normalized spacial score (nSPS) is 18.9. The van der Waals surface area contributed by atoms with Crippen molar-refractivity contribution in [1.82, 2.24) is 19.5 Å². The van der Waals surface area contributed by atoms with Gasteiger partial charge in [-0.25, -0.2) is 14.3 Å². The Balaban J connectivity index is 1.91.